The number of carbonyl (C=O) groups excluding carboxylic acids is 1. The smallest absolute Gasteiger partial charge is 0.358 e. The molecule has 0 bridgehead atoms. The zero-order chi connectivity index (χ0) is 22.0. The first-order valence-corrected chi connectivity index (χ1v) is 9.18. The monoisotopic (exact) mass is 453 g/mol. The van der Waals surface area contributed by atoms with Crippen molar-refractivity contribution in [2.24, 2.45) is 0 Å². The van der Waals surface area contributed by atoms with E-state index in [0.717, 1.165) is 0 Å². The third kappa shape index (κ3) is 4.10. The van der Waals surface area contributed by atoms with Gasteiger partial charge in [0.1, 0.15) is 12.3 Å². The summed E-state index contributed by atoms with van der Waals surface area (Å²) in [6.45, 7) is -0.118. The van der Waals surface area contributed by atoms with Crippen LogP contribution in [0.5, 0.6) is 5.75 Å². The first-order valence-electron chi connectivity index (χ1n) is 8.43. The number of hydrogen-bond acceptors (Lipinski definition) is 6. The van der Waals surface area contributed by atoms with Gasteiger partial charge in [0, 0.05) is 11.3 Å². The van der Waals surface area contributed by atoms with E-state index >= 15 is 0 Å². The van der Waals surface area contributed by atoms with E-state index in [0.29, 0.717) is 11.3 Å². The highest BCUT2D eigenvalue weighted by atomic mass is 35.5. The van der Waals surface area contributed by atoms with E-state index in [2.05, 4.69) is 4.98 Å². The number of carbonyl (C=O) groups is 1. The van der Waals surface area contributed by atoms with Gasteiger partial charge in [0.25, 0.3) is 0 Å². The molecule has 6 nitrogen and oxygen atoms in total. The second-order valence-electron chi connectivity index (χ2n) is 6.11. The van der Waals surface area contributed by atoms with Crippen LogP contribution in [0.1, 0.15) is 16.1 Å². The van der Waals surface area contributed by atoms with Crippen LogP contribution in [0, 0.1) is 11.6 Å². The molecule has 2 aromatic carbocycles. The van der Waals surface area contributed by atoms with Crippen molar-refractivity contribution in [3.8, 4) is 17.0 Å². The number of anilines is 2. The minimum atomic E-state index is -1.10. The highest BCUT2D eigenvalue weighted by molar-refractivity contribution is 6.36. The molecule has 0 aliphatic carbocycles. The maximum absolute atomic E-state index is 14.8. The van der Waals surface area contributed by atoms with Crippen molar-refractivity contribution in [3.63, 3.8) is 0 Å². The molecule has 3 aromatic rings. The molecule has 0 fully saturated rings. The number of ether oxygens (including phenoxy) is 2. The van der Waals surface area contributed by atoms with Crippen molar-refractivity contribution in [2.45, 2.75) is 6.61 Å². The number of rotatable bonds is 5. The fourth-order valence-electron chi connectivity index (χ4n) is 2.61. The molecule has 156 valence electrons. The average Bonchev–Trinajstić information content (AvgIpc) is 2.73. The predicted molar refractivity (Wildman–Crippen MR) is 111 cm³/mol. The molecule has 0 aliphatic rings. The fourth-order valence-corrected chi connectivity index (χ4v) is 3.03. The van der Waals surface area contributed by atoms with Crippen LogP contribution in [0.25, 0.3) is 11.3 Å². The van der Waals surface area contributed by atoms with E-state index in [4.69, 9.17) is 44.1 Å². The quantitative estimate of drug-likeness (QED) is 0.422. The number of methoxy groups -OCH3 is 1. The van der Waals surface area contributed by atoms with Gasteiger partial charge in [0.2, 0.25) is 0 Å². The normalized spacial score (nSPS) is 10.7. The fraction of sp³-hybridized carbons (Fsp3) is 0.100. The van der Waals surface area contributed by atoms with E-state index in [-0.39, 0.29) is 22.9 Å². The zero-order valence-corrected chi connectivity index (χ0v) is 17.0. The molecule has 3 rings (SSSR count). The van der Waals surface area contributed by atoms with Crippen LogP contribution in [-0.2, 0) is 11.3 Å². The Morgan fingerprint density at radius 3 is 2.37 bits per heavy atom. The average molecular weight is 454 g/mol. The lowest BCUT2D eigenvalue weighted by molar-refractivity contribution is 0.0466. The number of esters is 1. The summed E-state index contributed by atoms with van der Waals surface area (Å²) in [6.07, 6.45) is 0. The second-order valence-corrected chi connectivity index (χ2v) is 6.90. The first-order chi connectivity index (χ1) is 14.2. The van der Waals surface area contributed by atoms with Crippen LogP contribution >= 0.6 is 23.2 Å². The van der Waals surface area contributed by atoms with E-state index in [1.807, 2.05) is 0 Å². The number of benzene rings is 2. The molecule has 4 N–H and O–H groups in total. The largest absolute Gasteiger partial charge is 0.492 e. The molecule has 30 heavy (non-hydrogen) atoms. The zero-order valence-electron chi connectivity index (χ0n) is 15.5. The van der Waals surface area contributed by atoms with Crippen LogP contribution in [0.2, 0.25) is 10.0 Å². The lowest BCUT2D eigenvalue weighted by Gasteiger charge is -2.13. The molecule has 0 aliphatic heterocycles. The standard InChI is InChI=1S/C20H15Cl2F2N3O3/c1-29-19-12(21)7-6-11(14(19)23)17-15(24)16(26)13(22)18(27-17)20(28)30-8-9-2-4-10(25)5-3-9/h2-7H,8,25H2,1H3,(H2,26,27). The second kappa shape index (κ2) is 8.73. The van der Waals surface area contributed by atoms with Gasteiger partial charge in [0.15, 0.2) is 23.1 Å². The molecular formula is C20H15Cl2F2N3O3. The number of nitrogens with two attached hydrogens (primary N) is 2. The Balaban J connectivity index is 2.00. The summed E-state index contributed by atoms with van der Waals surface area (Å²) in [4.78, 5) is 16.4. The Morgan fingerprint density at radius 1 is 1.07 bits per heavy atom. The van der Waals surface area contributed by atoms with Gasteiger partial charge >= 0.3 is 5.97 Å². The van der Waals surface area contributed by atoms with Gasteiger partial charge in [-0.1, -0.05) is 35.3 Å². The molecular weight excluding hydrogens is 439 g/mol. The van der Waals surface area contributed by atoms with E-state index in [9.17, 15) is 13.6 Å². The summed E-state index contributed by atoms with van der Waals surface area (Å²) in [5.74, 6) is -3.35. The number of hydrogen-bond donors (Lipinski definition) is 2. The molecule has 0 amide bonds. The van der Waals surface area contributed by atoms with Crippen molar-refractivity contribution in [1.82, 2.24) is 4.98 Å². The van der Waals surface area contributed by atoms with Gasteiger partial charge in [-0.15, -0.1) is 0 Å². The summed E-state index contributed by atoms with van der Waals surface area (Å²) >= 11 is 11.9. The number of nitrogens with zero attached hydrogens (tertiary/aromatic N) is 1. The van der Waals surface area contributed by atoms with Gasteiger partial charge in [-0.25, -0.2) is 18.6 Å². The molecule has 0 unspecified atom stereocenters. The Bertz CT molecular complexity index is 1130. The van der Waals surface area contributed by atoms with Gasteiger partial charge < -0.3 is 20.9 Å². The third-order valence-electron chi connectivity index (χ3n) is 4.16. The lowest BCUT2D eigenvalue weighted by Crippen LogP contribution is -2.12. The summed E-state index contributed by atoms with van der Waals surface area (Å²) in [6, 6.07) is 9.08. The van der Waals surface area contributed by atoms with Crippen molar-refractivity contribution in [1.29, 1.82) is 0 Å². The minimum absolute atomic E-state index is 0.0239. The number of aromatic nitrogens is 1. The minimum Gasteiger partial charge on any atom is -0.492 e. The van der Waals surface area contributed by atoms with Gasteiger partial charge in [-0.3, -0.25) is 0 Å². The van der Waals surface area contributed by atoms with Crippen LogP contribution in [-0.4, -0.2) is 18.1 Å². The number of nitrogen functional groups attached to an aromatic ring is 2. The van der Waals surface area contributed by atoms with Gasteiger partial charge in [-0.05, 0) is 29.8 Å². The Morgan fingerprint density at radius 2 is 1.73 bits per heavy atom. The van der Waals surface area contributed by atoms with E-state index in [1.54, 1.807) is 24.3 Å². The van der Waals surface area contributed by atoms with Crippen LogP contribution in [0.15, 0.2) is 36.4 Å². The summed E-state index contributed by atoms with van der Waals surface area (Å²) in [5, 5.41) is -0.468. The van der Waals surface area contributed by atoms with Crippen LogP contribution in [0.3, 0.4) is 0 Å². The maximum Gasteiger partial charge on any atom is 0.358 e. The molecule has 10 heteroatoms. The lowest BCUT2D eigenvalue weighted by atomic mass is 10.1. The Labute approximate surface area is 180 Å². The van der Waals surface area contributed by atoms with Crippen molar-refractivity contribution >= 4 is 40.5 Å². The SMILES string of the molecule is COc1c(Cl)ccc(-c2nc(C(=O)OCc3ccc(N)cc3)c(Cl)c(N)c2F)c1F. The van der Waals surface area contributed by atoms with Crippen LogP contribution in [0.4, 0.5) is 20.2 Å². The molecule has 1 aromatic heterocycles. The Kier molecular flexibility index (Phi) is 6.28. The number of halogens is 4. The maximum atomic E-state index is 14.8. The summed E-state index contributed by atoms with van der Waals surface area (Å²) < 4.78 is 39.5. The summed E-state index contributed by atoms with van der Waals surface area (Å²) in [7, 11) is 1.20. The van der Waals surface area contributed by atoms with Crippen molar-refractivity contribution in [2.75, 3.05) is 18.6 Å². The van der Waals surface area contributed by atoms with E-state index < -0.39 is 39.7 Å². The van der Waals surface area contributed by atoms with Crippen molar-refractivity contribution in [3.05, 3.63) is 69.3 Å². The predicted octanol–water partition coefficient (Wildman–Crippen LogP) is 4.86. The van der Waals surface area contributed by atoms with Crippen molar-refractivity contribution < 1.29 is 23.0 Å². The van der Waals surface area contributed by atoms with Crippen LogP contribution < -0.4 is 16.2 Å². The first kappa shape index (κ1) is 21.6. The highest BCUT2D eigenvalue weighted by Crippen LogP contribution is 2.38. The third-order valence-corrected chi connectivity index (χ3v) is 4.84. The molecule has 0 atom stereocenters. The highest BCUT2D eigenvalue weighted by Gasteiger charge is 2.26. The topological polar surface area (TPSA) is 100 Å². The Hall–Kier alpha value is -3.10. The summed E-state index contributed by atoms with van der Waals surface area (Å²) in [5.41, 5.74) is 10.6. The molecule has 0 saturated heterocycles. The van der Waals surface area contributed by atoms with Gasteiger partial charge in [0.05, 0.1) is 22.8 Å². The van der Waals surface area contributed by atoms with Gasteiger partial charge in [-0.2, -0.15) is 0 Å². The number of pyridine rings is 1. The molecule has 0 radical (unpaired) electrons. The van der Waals surface area contributed by atoms with E-state index in [1.165, 1.54) is 19.2 Å². The molecule has 0 saturated carbocycles. The molecule has 0 spiro atoms. The molecule has 1 heterocycles.